The Morgan fingerprint density at radius 3 is 2.19 bits per heavy atom. The third kappa shape index (κ3) is 3.36. The molecule has 0 N–H and O–H groups in total. The van der Waals surface area contributed by atoms with Gasteiger partial charge in [-0.1, -0.05) is 34.8 Å². The van der Waals surface area contributed by atoms with E-state index in [9.17, 15) is 13.2 Å². The van der Waals surface area contributed by atoms with Crippen LogP contribution in [0.5, 0.6) is 5.88 Å². The van der Waals surface area contributed by atoms with Crippen LogP contribution in [-0.4, -0.2) is 12.1 Å². The van der Waals surface area contributed by atoms with Crippen LogP contribution in [0.1, 0.15) is 5.56 Å². The highest BCUT2D eigenvalue weighted by Crippen LogP contribution is 2.40. The maximum Gasteiger partial charge on any atom is 0.421 e. The first-order chi connectivity index (χ1) is 9.74. The van der Waals surface area contributed by atoms with E-state index in [1.165, 1.54) is 18.3 Å². The molecule has 2 aromatic rings. The van der Waals surface area contributed by atoms with Crippen molar-refractivity contribution in [2.24, 2.45) is 0 Å². The van der Waals surface area contributed by atoms with Gasteiger partial charge in [-0.25, -0.2) is 4.98 Å². The Bertz CT molecular complexity index is 689. The molecule has 0 aliphatic carbocycles. The van der Waals surface area contributed by atoms with Gasteiger partial charge in [-0.2, -0.15) is 13.2 Å². The molecule has 0 aliphatic rings. The summed E-state index contributed by atoms with van der Waals surface area (Å²) in [6.45, 7) is 0. The average Bonchev–Trinajstić information content (AvgIpc) is 2.41. The number of hydrogen-bond donors (Lipinski definition) is 0. The second-order valence-electron chi connectivity index (χ2n) is 4.02. The summed E-state index contributed by atoms with van der Waals surface area (Å²) < 4.78 is 43.5. The molecule has 0 unspecified atom stereocenters. The minimum Gasteiger partial charge on any atom is -0.481 e. The number of ether oxygens (including phenoxy) is 1. The number of methoxy groups -OCH3 is 1. The Kier molecular flexibility index (Phi) is 4.56. The van der Waals surface area contributed by atoms with Crippen LogP contribution in [-0.2, 0) is 6.18 Å². The topological polar surface area (TPSA) is 22.1 Å². The fourth-order valence-corrected chi connectivity index (χ4v) is 2.36. The van der Waals surface area contributed by atoms with E-state index in [-0.39, 0.29) is 20.6 Å². The Hall–Kier alpha value is -1.17. The van der Waals surface area contributed by atoms with Crippen molar-refractivity contribution in [1.82, 2.24) is 4.98 Å². The quantitative estimate of drug-likeness (QED) is 0.640. The van der Waals surface area contributed by atoms with Crippen LogP contribution >= 0.6 is 34.8 Å². The molecular formula is C13H7Cl3F3NO. The number of nitrogens with zero attached hydrogens (tertiary/aromatic N) is 1. The lowest BCUT2D eigenvalue weighted by Gasteiger charge is -2.13. The summed E-state index contributed by atoms with van der Waals surface area (Å²) in [6.07, 6.45) is -3.38. The van der Waals surface area contributed by atoms with E-state index in [4.69, 9.17) is 34.8 Å². The molecule has 2 rings (SSSR count). The van der Waals surface area contributed by atoms with E-state index in [0.717, 1.165) is 13.2 Å². The molecule has 0 atom stereocenters. The summed E-state index contributed by atoms with van der Waals surface area (Å²) in [6, 6.07) is 3.64. The molecule has 0 saturated carbocycles. The molecule has 1 aromatic heterocycles. The summed E-state index contributed by atoms with van der Waals surface area (Å²) in [5.41, 5.74) is -0.539. The third-order valence-electron chi connectivity index (χ3n) is 2.67. The third-order valence-corrected chi connectivity index (χ3v) is 3.71. The van der Waals surface area contributed by atoms with Crippen molar-refractivity contribution < 1.29 is 17.9 Å². The van der Waals surface area contributed by atoms with Gasteiger partial charge in [0.15, 0.2) is 0 Å². The molecule has 1 heterocycles. The highest BCUT2D eigenvalue weighted by atomic mass is 35.5. The van der Waals surface area contributed by atoms with Crippen molar-refractivity contribution >= 4 is 34.8 Å². The zero-order valence-corrected chi connectivity index (χ0v) is 12.7. The van der Waals surface area contributed by atoms with Crippen LogP contribution in [0.15, 0.2) is 24.4 Å². The SMILES string of the molecule is COc1ncc(-c2cc(Cl)c(Cl)cc2Cl)cc1C(F)(F)F. The highest BCUT2D eigenvalue weighted by molar-refractivity contribution is 6.44. The fourth-order valence-electron chi connectivity index (χ4n) is 1.71. The molecule has 112 valence electrons. The van der Waals surface area contributed by atoms with Crippen molar-refractivity contribution in [3.05, 3.63) is 45.0 Å². The van der Waals surface area contributed by atoms with Crippen molar-refractivity contribution in [1.29, 1.82) is 0 Å². The molecule has 0 radical (unpaired) electrons. The van der Waals surface area contributed by atoms with Gasteiger partial charge >= 0.3 is 6.18 Å². The lowest BCUT2D eigenvalue weighted by atomic mass is 10.1. The molecule has 0 saturated heterocycles. The Morgan fingerprint density at radius 1 is 1.00 bits per heavy atom. The summed E-state index contributed by atoms with van der Waals surface area (Å²) in [5, 5.41) is 0.563. The molecule has 1 aromatic carbocycles. The first-order valence-electron chi connectivity index (χ1n) is 5.50. The largest absolute Gasteiger partial charge is 0.481 e. The van der Waals surface area contributed by atoms with Crippen molar-refractivity contribution in [3.63, 3.8) is 0 Å². The molecule has 8 heteroatoms. The molecule has 0 bridgehead atoms. The van der Waals surface area contributed by atoms with E-state index >= 15 is 0 Å². The summed E-state index contributed by atoms with van der Waals surface area (Å²) in [4.78, 5) is 3.66. The van der Waals surface area contributed by atoms with Gasteiger partial charge < -0.3 is 4.74 Å². The highest BCUT2D eigenvalue weighted by Gasteiger charge is 2.35. The molecule has 0 aliphatic heterocycles. The van der Waals surface area contributed by atoms with Gasteiger partial charge in [0.1, 0.15) is 5.56 Å². The second-order valence-corrected chi connectivity index (χ2v) is 5.25. The smallest absolute Gasteiger partial charge is 0.421 e. The number of pyridine rings is 1. The Labute approximate surface area is 133 Å². The van der Waals surface area contributed by atoms with E-state index in [1.807, 2.05) is 0 Å². The van der Waals surface area contributed by atoms with Crippen LogP contribution in [0, 0.1) is 0 Å². The zero-order valence-electron chi connectivity index (χ0n) is 10.4. The average molecular weight is 357 g/mol. The summed E-state index contributed by atoms with van der Waals surface area (Å²) in [5.74, 6) is -0.512. The Morgan fingerprint density at radius 2 is 1.62 bits per heavy atom. The minimum absolute atomic E-state index is 0.159. The second kappa shape index (κ2) is 5.91. The van der Waals surface area contributed by atoms with Gasteiger partial charge in [0.2, 0.25) is 5.88 Å². The molecule has 2 nitrogen and oxygen atoms in total. The molecule has 0 spiro atoms. The number of hydrogen-bond acceptors (Lipinski definition) is 2. The van der Waals surface area contributed by atoms with E-state index < -0.39 is 17.6 Å². The van der Waals surface area contributed by atoms with E-state index in [0.29, 0.717) is 5.56 Å². The lowest BCUT2D eigenvalue weighted by Crippen LogP contribution is -2.09. The zero-order chi connectivity index (χ0) is 15.8. The van der Waals surface area contributed by atoms with Crippen LogP contribution < -0.4 is 4.74 Å². The lowest BCUT2D eigenvalue weighted by molar-refractivity contribution is -0.139. The van der Waals surface area contributed by atoms with Crippen LogP contribution in [0.25, 0.3) is 11.1 Å². The van der Waals surface area contributed by atoms with Gasteiger partial charge in [-0.05, 0) is 18.2 Å². The van der Waals surface area contributed by atoms with Crippen molar-refractivity contribution in [2.45, 2.75) is 6.18 Å². The van der Waals surface area contributed by atoms with Crippen LogP contribution in [0.4, 0.5) is 13.2 Å². The monoisotopic (exact) mass is 355 g/mol. The van der Waals surface area contributed by atoms with Crippen LogP contribution in [0.2, 0.25) is 15.1 Å². The van der Waals surface area contributed by atoms with E-state index in [2.05, 4.69) is 9.72 Å². The van der Waals surface area contributed by atoms with Crippen molar-refractivity contribution in [3.8, 4) is 17.0 Å². The number of benzene rings is 1. The minimum atomic E-state index is -4.60. The van der Waals surface area contributed by atoms with Crippen LogP contribution in [0.3, 0.4) is 0 Å². The summed E-state index contributed by atoms with van der Waals surface area (Å²) in [7, 11) is 1.11. The van der Waals surface area contributed by atoms with Gasteiger partial charge in [-0.3, -0.25) is 0 Å². The standard InChI is InChI=1S/C13H7Cl3F3NO/c1-21-12-8(13(17,18)19)2-6(5-20-12)7-3-10(15)11(16)4-9(7)14/h2-5H,1H3. The van der Waals surface area contributed by atoms with Crippen molar-refractivity contribution in [2.75, 3.05) is 7.11 Å². The maximum atomic E-state index is 13.0. The van der Waals surface area contributed by atoms with Gasteiger partial charge in [0.25, 0.3) is 0 Å². The number of alkyl halides is 3. The molecule has 0 fully saturated rings. The van der Waals surface area contributed by atoms with Gasteiger partial charge in [0.05, 0.1) is 22.2 Å². The first-order valence-corrected chi connectivity index (χ1v) is 6.63. The number of aromatic nitrogens is 1. The normalized spacial score (nSPS) is 11.6. The molecular weight excluding hydrogens is 350 g/mol. The van der Waals surface area contributed by atoms with E-state index in [1.54, 1.807) is 0 Å². The maximum absolute atomic E-state index is 13.0. The summed E-state index contributed by atoms with van der Waals surface area (Å²) >= 11 is 17.7. The molecule has 21 heavy (non-hydrogen) atoms. The van der Waals surface area contributed by atoms with Gasteiger partial charge in [-0.15, -0.1) is 0 Å². The predicted molar refractivity (Wildman–Crippen MR) is 76.3 cm³/mol. The number of halogens is 6. The Balaban J connectivity index is 2.63. The van der Waals surface area contributed by atoms with Gasteiger partial charge in [0, 0.05) is 17.3 Å². The fraction of sp³-hybridized carbons (Fsp3) is 0.154. The first kappa shape index (κ1) is 16.2. The number of rotatable bonds is 2. The molecule has 0 amide bonds. The predicted octanol–water partition coefficient (Wildman–Crippen LogP) is 5.74.